The number of nitrogens with two attached hydrogens (primary N) is 1. The molecule has 0 amide bonds. The Morgan fingerprint density at radius 1 is 0.929 bits per heavy atom. The molecule has 1 aromatic heterocycles. The van der Waals surface area contributed by atoms with Crippen LogP contribution in [0, 0.1) is 0 Å². The molecule has 3 aromatic carbocycles. The van der Waals surface area contributed by atoms with Crippen LogP contribution in [0.3, 0.4) is 0 Å². The minimum absolute atomic E-state index is 0.0448. The van der Waals surface area contributed by atoms with Crippen LogP contribution in [0.25, 0.3) is 10.9 Å². The van der Waals surface area contributed by atoms with E-state index in [-0.39, 0.29) is 22.7 Å². The van der Waals surface area contributed by atoms with Crippen molar-refractivity contribution >= 4 is 19.2 Å². The van der Waals surface area contributed by atoms with Gasteiger partial charge in [-0.1, -0.05) is 81.4 Å². The molecule has 4 aromatic rings. The molecule has 42 heavy (non-hydrogen) atoms. The number of pyridine rings is 1. The van der Waals surface area contributed by atoms with Crippen molar-refractivity contribution in [3.05, 3.63) is 111 Å². The summed E-state index contributed by atoms with van der Waals surface area (Å²) < 4.78 is 13.3. The van der Waals surface area contributed by atoms with Crippen LogP contribution in [-0.4, -0.2) is 32.4 Å². The first-order valence-electron chi connectivity index (χ1n) is 15.0. The molecule has 0 saturated heterocycles. The van der Waals surface area contributed by atoms with Crippen molar-refractivity contribution in [1.82, 2.24) is 10.3 Å². The van der Waals surface area contributed by atoms with Crippen molar-refractivity contribution in [3.8, 4) is 5.75 Å². The summed E-state index contributed by atoms with van der Waals surface area (Å²) in [7, 11) is -2.14. The molecule has 6 nitrogen and oxygen atoms in total. The smallest absolute Gasteiger partial charge is 0.248 e. The zero-order valence-corrected chi connectivity index (χ0v) is 27.0. The van der Waals surface area contributed by atoms with Gasteiger partial charge in [-0.25, -0.2) is 0 Å². The predicted molar refractivity (Wildman–Crippen MR) is 177 cm³/mol. The highest BCUT2D eigenvalue weighted by molar-refractivity contribution is 6.74. The Hall–Kier alpha value is -3.23. The fourth-order valence-corrected chi connectivity index (χ4v) is 6.22. The maximum Gasteiger partial charge on any atom is 0.248 e. The van der Waals surface area contributed by atoms with E-state index < -0.39 is 8.32 Å². The second-order valence-corrected chi connectivity index (χ2v) is 17.5. The summed E-state index contributed by atoms with van der Waals surface area (Å²) in [5.41, 5.74) is 11.0. The van der Waals surface area contributed by atoms with E-state index in [1.807, 2.05) is 42.5 Å². The summed E-state index contributed by atoms with van der Waals surface area (Å²) in [5.74, 6) is 0.653. The summed E-state index contributed by atoms with van der Waals surface area (Å²) in [4.78, 5) is 15.5. The zero-order valence-electron chi connectivity index (χ0n) is 26.0. The van der Waals surface area contributed by atoms with Crippen LogP contribution in [0.1, 0.15) is 56.1 Å². The van der Waals surface area contributed by atoms with Crippen LogP contribution < -0.4 is 21.3 Å². The second-order valence-electron chi connectivity index (χ2n) is 12.8. The van der Waals surface area contributed by atoms with Gasteiger partial charge in [-0.2, -0.15) is 0 Å². The van der Waals surface area contributed by atoms with Crippen molar-refractivity contribution in [2.75, 3.05) is 13.1 Å². The normalized spacial score (nSPS) is 13.7. The van der Waals surface area contributed by atoms with E-state index in [1.54, 1.807) is 6.07 Å². The Labute approximate surface area is 251 Å². The van der Waals surface area contributed by atoms with Crippen LogP contribution >= 0.6 is 0 Å². The molecule has 4 N–H and O–H groups in total. The van der Waals surface area contributed by atoms with Gasteiger partial charge in [0.1, 0.15) is 12.4 Å². The molecule has 1 heterocycles. The van der Waals surface area contributed by atoms with Crippen LogP contribution in [-0.2, 0) is 23.9 Å². The number of nitrogens with one attached hydrogen (secondary N) is 2. The number of aromatic amines is 1. The molecule has 224 valence electrons. The van der Waals surface area contributed by atoms with Crippen molar-refractivity contribution in [3.63, 3.8) is 0 Å². The highest BCUT2D eigenvalue weighted by atomic mass is 28.4. The number of rotatable bonds is 13. The number of hydrogen-bond donors (Lipinski definition) is 3. The number of fused-ring (bicyclic) bond motifs is 1. The molecule has 2 atom stereocenters. The van der Waals surface area contributed by atoms with Gasteiger partial charge >= 0.3 is 0 Å². The lowest BCUT2D eigenvalue weighted by molar-refractivity contribution is 0.177. The third-order valence-electron chi connectivity index (χ3n) is 8.34. The van der Waals surface area contributed by atoms with E-state index in [9.17, 15) is 4.79 Å². The first-order valence-corrected chi connectivity index (χ1v) is 17.9. The largest absolute Gasteiger partial charge is 0.487 e. The molecule has 0 saturated carbocycles. The maximum atomic E-state index is 12.5. The Morgan fingerprint density at radius 2 is 1.64 bits per heavy atom. The van der Waals surface area contributed by atoms with E-state index >= 15 is 0 Å². The van der Waals surface area contributed by atoms with Gasteiger partial charge in [-0.15, -0.1) is 0 Å². The zero-order chi connectivity index (χ0) is 30.3. The first kappa shape index (κ1) is 31.7. The fourth-order valence-electron chi connectivity index (χ4n) is 4.94. The van der Waals surface area contributed by atoms with Crippen LogP contribution in [0.4, 0.5) is 0 Å². The standard InChI is InChI=1S/C35H47N3O3Si/c1-25(21-28-14-10-13-26(22-28)19-20-36)37-23-32(41-42(5,6)35(2,3)4)29-15-17-31(34-30(29)16-18-33(39)38-34)40-24-27-11-8-7-9-12-27/h7-18,22,25,32,37H,19-21,23-24,36H2,1-6H3,(H,38,39)/t25-,32+/m1/s1. The van der Waals surface area contributed by atoms with Gasteiger partial charge in [0, 0.05) is 24.0 Å². The van der Waals surface area contributed by atoms with E-state index in [0.29, 0.717) is 31.0 Å². The second kappa shape index (κ2) is 13.8. The van der Waals surface area contributed by atoms with Gasteiger partial charge in [-0.3, -0.25) is 4.79 Å². The summed E-state index contributed by atoms with van der Waals surface area (Å²) in [6.07, 6.45) is 1.60. The molecule has 7 heteroatoms. The van der Waals surface area contributed by atoms with Crippen LogP contribution in [0.15, 0.2) is 83.7 Å². The van der Waals surface area contributed by atoms with Gasteiger partial charge in [-0.05, 0) is 78.8 Å². The highest BCUT2D eigenvalue weighted by Gasteiger charge is 2.39. The molecule has 0 radical (unpaired) electrons. The minimum Gasteiger partial charge on any atom is -0.487 e. The predicted octanol–water partition coefficient (Wildman–Crippen LogP) is 6.89. The van der Waals surface area contributed by atoms with Crippen LogP contribution in [0.5, 0.6) is 5.75 Å². The molecule has 0 aliphatic rings. The number of H-pyrrole nitrogens is 1. The lowest BCUT2D eigenvalue weighted by Gasteiger charge is -2.40. The molecule has 0 unspecified atom stereocenters. The summed E-state index contributed by atoms with van der Waals surface area (Å²) in [6, 6.07) is 26.5. The third-order valence-corrected chi connectivity index (χ3v) is 12.8. The number of hydrogen-bond acceptors (Lipinski definition) is 5. The lowest BCUT2D eigenvalue weighted by Crippen LogP contribution is -2.44. The molecular formula is C35H47N3O3Si. The monoisotopic (exact) mass is 585 g/mol. The Bertz CT molecular complexity index is 1510. The highest BCUT2D eigenvalue weighted by Crippen LogP contribution is 2.41. The molecule has 4 rings (SSSR count). The van der Waals surface area contributed by atoms with E-state index in [1.165, 1.54) is 11.1 Å². The third kappa shape index (κ3) is 8.19. The van der Waals surface area contributed by atoms with Crippen molar-refractivity contribution < 1.29 is 9.16 Å². The topological polar surface area (TPSA) is 89.4 Å². The van der Waals surface area contributed by atoms with Gasteiger partial charge in [0.05, 0.1) is 11.6 Å². The van der Waals surface area contributed by atoms with Crippen molar-refractivity contribution in [1.29, 1.82) is 0 Å². The molecule has 0 aliphatic heterocycles. The molecule has 0 aliphatic carbocycles. The Kier molecular flexibility index (Phi) is 10.4. The summed E-state index contributed by atoms with van der Waals surface area (Å²) in [5, 5.41) is 4.74. The van der Waals surface area contributed by atoms with E-state index in [4.69, 9.17) is 14.9 Å². The summed E-state index contributed by atoms with van der Waals surface area (Å²) >= 11 is 0. The molecular weight excluding hydrogens is 538 g/mol. The molecule has 0 spiro atoms. The Morgan fingerprint density at radius 3 is 2.36 bits per heavy atom. The summed E-state index contributed by atoms with van der Waals surface area (Å²) in [6.45, 7) is 15.3. The average Bonchev–Trinajstić information content (AvgIpc) is 2.94. The average molecular weight is 586 g/mol. The maximum absolute atomic E-state index is 12.5. The van der Waals surface area contributed by atoms with Crippen LogP contribution in [0.2, 0.25) is 18.1 Å². The van der Waals surface area contributed by atoms with Crippen molar-refractivity contribution in [2.45, 2.75) is 77.4 Å². The molecule has 0 fully saturated rings. The van der Waals surface area contributed by atoms with Crippen molar-refractivity contribution in [2.24, 2.45) is 5.73 Å². The number of ether oxygens (including phenoxy) is 1. The van der Waals surface area contributed by atoms with Gasteiger partial charge < -0.3 is 25.2 Å². The first-order chi connectivity index (χ1) is 20.0. The minimum atomic E-state index is -2.14. The van der Waals surface area contributed by atoms with Gasteiger partial charge in [0.15, 0.2) is 8.32 Å². The molecule has 0 bridgehead atoms. The number of aromatic nitrogens is 1. The fraction of sp³-hybridized carbons (Fsp3) is 0.400. The number of benzene rings is 3. The lowest BCUT2D eigenvalue weighted by atomic mass is 10.0. The van der Waals surface area contributed by atoms with Gasteiger partial charge in [0.2, 0.25) is 5.56 Å². The quantitative estimate of drug-likeness (QED) is 0.149. The Balaban J connectivity index is 1.62. The van der Waals surface area contributed by atoms with E-state index in [2.05, 4.69) is 81.4 Å². The van der Waals surface area contributed by atoms with Gasteiger partial charge in [0.25, 0.3) is 0 Å². The SMILES string of the molecule is C[C@H](Cc1cccc(CCN)c1)NC[C@H](O[Si](C)(C)C(C)(C)C)c1ccc(OCc2ccccc2)c2[nH]c(=O)ccc12. The van der Waals surface area contributed by atoms with E-state index in [0.717, 1.165) is 29.4 Å².